The van der Waals surface area contributed by atoms with Gasteiger partial charge in [0.25, 0.3) is 0 Å². The zero-order valence-electron chi connectivity index (χ0n) is 12.7. The van der Waals surface area contributed by atoms with Crippen LogP contribution in [0.15, 0.2) is 34.5 Å². The van der Waals surface area contributed by atoms with Crippen molar-refractivity contribution in [3.8, 4) is 5.75 Å². The summed E-state index contributed by atoms with van der Waals surface area (Å²) >= 11 is 0. The molecule has 1 aromatic carbocycles. The van der Waals surface area contributed by atoms with Crippen molar-refractivity contribution in [3.05, 3.63) is 24.3 Å². The Hall–Kier alpha value is -2.28. The monoisotopic (exact) mass is 308 g/mol. The van der Waals surface area contributed by atoms with Gasteiger partial charge in [-0.3, -0.25) is 9.59 Å². The number of benzene rings is 1. The summed E-state index contributed by atoms with van der Waals surface area (Å²) in [6.07, 6.45) is -0.304. The third-order valence-corrected chi connectivity index (χ3v) is 2.63. The highest BCUT2D eigenvalue weighted by molar-refractivity contribution is 5.98. The van der Waals surface area contributed by atoms with E-state index in [-0.39, 0.29) is 32.0 Å². The third-order valence-electron chi connectivity index (χ3n) is 2.63. The van der Waals surface area contributed by atoms with Crippen LogP contribution in [0.1, 0.15) is 20.3 Å². The average molecular weight is 308 g/mol. The van der Waals surface area contributed by atoms with Crippen molar-refractivity contribution < 1.29 is 24.2 Å². The SMILES string of the molecule is CCOC(=O)CC(=O)C(C)/N=N/c1ccc(OCCO)cc1. The fourth-order valence-corrected chi connectivity index (χ4v) is 1.49. The zero-order valence-corrected chi connectivity index (χ0v) is 12.7. The zero-order chi connectivity index (χ0) is 16.4. The van der Waals surface area contributed by atoms with E-state index >= 15 is 0 Å². The summed E-state index contributed by atoms with van der Waals surface area (Å²) in [7, 11) is 0. The Morgan fingerprint density at radius 1 is 1.27 bits per heavy atom. The molecule has 0 aliphatic rings. The van der Waals surface area contributed by atoms with Crippen LogP contribution in [-0.2, 0) is 14.3 Å². The number of carbonyl (C=O) groups excluding carboxylic acids is 2. The molecule has 0 fully saturated rings. The van der Waals surface area contributed by atoms with E-state index in [0.717, 1.165) is 0 Å². The largest absolute Gasteiger partial charge is 0.491 e. The van der Waals surface area contributed by atoms with Gasteiger partial charge in [0.1, 0.15) is 24.8 Å². The normalized spacial score (nSPS) is 12.1. The van der Waals surface area contributed by atoms with Crippen molar-refractivity contribution in [2.24, 2.45) is 10.2 Å². The number of Topliss-reactive ketones (excluding diaryl/α,β-unsaturated/α-hetero) is 1. The molecule has 0 heterocycles. The molecule has 7 nitrogen and oxygen atoms in total. The second-order valence-corrected chi connectivity index (χ2v) is 4.41. The van der Waals surface area contributed by atoms with E-state index in [1.165, 1.54) is 0 Å². The Morgan fingerprint density at radius 3 is 2.55 bits per heavy atom. The first kappa shape index (κ1) is 17.8. The molecule has 1 unspecified atom stereocenters. The smallest absolute Gasteiger partial charge is 0.313 e. The Morgan fingerprint density at radius 2 is 1.95 bits per heavy atom. The maximum atomic E-state index is 11.7. The molecule has 7 heteroatoms. The summed E-state index contributed by atoms with van der Waals surface area (Å²) in [6.45, 7) is 3.66. The van der Waals surface area contributed by atoms with Gasteiger partial charge in [-0.15, -0.1) is 0 Å². The number of nitrogens with zero attached hydrogens (tertiary/aromatic N) is 2. The van der Waals surface area contributed by atoms with Crippen LogP contribution >= 0.6 is 0 Å². The van der Waals surface area contributed by atoms with E-state index in [1.807, 2.05) is 0 Å². The van der Waals surface area contributed by atoms with E-state index < -0.39 is 12.0 Å². The van der Waals surface area contributed by atoms with Gasteiger partial charge in [-0.1, -0.05) is 0 Å². The highest BCUT2D eigenvalue weighted by Crippen LogP contribution is 2.19. The Balaban J connectivity index is 2.52. The summed E-state index contributed by atoms with van der Waals surface area (Å²) in [5.74, 6) is -0.288. The molecule has 0 aliphatic carbocycles. The van der Waals surface area contributed by atoms with Crippen molar-refractivity contribution in [1.82, 2.24) is 0 Å². The standard InChI is InChI=1S/C15H20N2O5/c1-3-21-15(20)10-14(19)11(2)16-17-12-4-6-13(7-5-12)22-9-8-18/h4-7,11,18H,3,8-10H2,1-2H3/b17-16+. The van der Waals surface area contributed by atoms with Crippen molar-refractivity contribution >= 4 is 17.4 Å². The van der Waals surface area contributed by atoms with Crippen molar-refractivity contribution in [3.63, 3.8) is 0 Å². The lowest BCUT2D eigenvalue weighted by atomic mass is 10.2. The number of ketones is 1. The number of rotatable bonds is 9. The molecule has 0 spiro atoms. The Bertz CT molecular complexity index is 513. The fourth-order valence-electron chi connectivity index (χ4n) is 1.49. The minimum absolute atomic E-state index is 0.0540. The quantitative estimate of drug-likeness (QED) is 0.428. The number of esters is 1. The molecule has 0 saturated carbocycles. The van der Waals surface area contributed by atoms with Crippen LogP contribution in [0.3, 0.4) is 0 Å². The highest BCUT2D eigenvalue weighted by Gasteiger charge is 2.16. The van der Waals surface area contributed by atoms with Crippen molar-refractivity contribution in [2.75, 3.05) is 19.8 Å². The van der Waals surface area contributed by atoms with Gasteiger partial charge in [-0.25, -0.2) is 0 Å². The van der Waals surface area contributed by atoms with Crippen LogP contribution in [0, 0.1) is 0 Å². The number of ether oxygens (including phenoxy) is 2. The minimum atomic E-state index is -0.713. The van der Waals surface area contributed by atoms with Crippen molar-refractivity contribution in [1.29, 1.82) is 0 Å². The molecule has 0 radical (unpaired) electrons. The summed E-state index contributed by atoms with van der Waals surface area (Å²) in [6, 6.07) is 6.02. The highest BCUT2D eigenvalue weighted by atomic mass is 16.5. The summed E-state index contributed by atoms with van der Waals surface area (Å²) < 4.78 is 9.92. The number of aliphatic hydroxyl groups is 1. The molecule has 1 rings (SSSR count). The average Bonchev–Trinajstić information content (AvgIpc) is 2.51. The second kappa shape index (κ2) is 9.62. The van der Waals surface area contributed by atoms with Crippen molar-refractivity contribution in [2.45, 2.75) is 26.3 Å². The van der Waals surface area contributed by atoms with Gasteiger partial charge in [-0.05, 0) is 38.1 Å². The van der Waals surface area contributed by atoms with E-state index in [4.69, 9.17) is 14.6 Å². The molecule has 0 aromatic heterocycles. The van der Waals surface area contributed by atoms with Gasteiger partial charge in [0, 0.05) is 0 Å². The third kappa shape index (κ3) is 6.45. The molecule has 0 saturated heterocycles. The first-order valence-electron chi connectivity index (χ1n) is 6.99. The van der Waals surface area contributed by atoms with Crippen LogP contribution in [-0.4, -0.2) is 42.7 Å². The number of aliphatic hydroxyl groups excluding tert-OH is 1. The molecule has 0 bridgehead atoms. The molecule has 1 N–H and O–H groups in total. The predicted octanol–water partition coefficient (Wildman–Crippen LogP) is 2.05. The maximum Gasteiger partial charge on any atom is 0.313 e. The number of carbonyl (C=O) groups is 2. The lowest BCUT2D eigenvalue weighted by molar-refractivity contribution is -0.145. The summed E-state index contributed by atoms with van der Waals surface area (Å²) in [5.41, 5.74) is 0.562. The topological polar surface area (TPSA) is 97.6 Å². The molecule has 0 aliphatic heterocycles. The number of azo groups is 1. The lowest BCUT2D eigenvalue weighted by Gasteiger charge is -2.05. The minimum Gasteiger partial charge on any atom is -0.491 e. The molecular weight excluding hydrogens is 288 g/mol. The van der Waals surface area contributed by atoms with Gasteiger partial charge >= 0.3 is 5.97 Å². The van der Waals surface area contributed by atoms with E-state index in [0.29, 0.717) is 11.4 Å². The first-order valence-corrected chi connectivity index (χ1v) is 6.99. The molecular formula is C15H20N2O5. The number of hydrogen-bond acceptors (Lipinski definition) is 7. The van der Waals surface area contributed by atoms with E-state index in [1.54, 1.807) is 38.1 Å². The van der Waals surface area contributed by atoms with Gasteiger partial charge in [-0.2, -0.15) is 10.2 Å². The van der Waals surface area contributed by atoms with E-state index in [2.05, 4.69) is 10.2 Å². The van der Waals surface area contributed by atoms with Crippen LogP contribution < -0.4 is 4.74 Å². The van der Waals surface area contributed by atoms with Gasteiger partial charge in [0.2, 0.25) is 0 Å². The Kier molecular flexibility index (Phi) is 7.77. The second-order valence-electron chi connectivity index (χ2n) is 4.41. The molecule has 22 heavy (non-hydrogen) atoms. The molecule has 1 atom stereocenters. The molecule has 1 aromatic rings. The fraction of sp³-hybridized carbons (Fsp3) is 0.467. The van der Waals surface area contributed by atoms with Gasteiger partial charge < -0.3 is 14.6 Å². The molecule has 0 amide bonds. The van der Waals surface area contributed by atoms with Gasteiger partial charge in [0.05, 0.1) is 18.9 Å². The van der Waals surface area contributed by atoms with Crippen LogP contribution in [0.5, 0.6) is 5.75 Å². The summed E-state index contributed by atoms with van der Waals surface area (Å²) in [5, 5.41) is 16.5. The Labute approximate surface area is 129 Å². The predicted molar refractivity (Wildman–Crippen MR) is 79.3 cm³/mol. The molecule has 120 valence electrons. The first-order chi connectivity index (χ1) is 10.6. The van der Waals surface area contributed by atoms with Crippen LogP contribution in [0.25, 0.3) is 0 Å². The van der Waals surface area contributed by atoms with E-state index in [9.17, 15) is 9.59 Å². The van der Waals surface area contributed by atoms with Crippen LogP contribution in [0.2, 0.25) is 0 Å². The number of hydrogen-bond donors (Lipinski definition) is 1. The summed E-state index contributed by atoms with van der Waals surface area (Å²) in [4.78, 5) is 22.9. The van der Waals surface area contributed by atoms with Gasteiger partial charge in [0.15, 0.2) is 5.78 Å². The lowest BCUT2D eigenvalue weighted by Crippen LogP contribution is -2.19. The van der Waals surface area contributed by atoms with Crippen LogP contribution in [0.4, 0.5) is 5.69 Å². The maximum absolute atomic E-state index is 11.7.